The van der Waals surface area contributed by atoms with Crippen molar-refractivity contribution in [1.29, 1.82) is 0 Å². The predicted octanol–water partition coefficient (Wildman–Crippen LogP) is 4.26. The van der Waals surface area contributed by atoms with Crippen LogP contribution < -0.4 is 10.6 Å². The standard InChI is InChI=1S/C30H46N4O7/c1-7-39-29(37)26-23(27(35)34(26)20(6)32-25(18(2)3)22-11-9-8-10-12-22)15-21-13-14-31-24(16-21)33-30(38)41-17-40-28(36)19(4)5/h13-14,16,18-20,22-23,25-26,32H,7-12,15,17H2,1-6H3,(H,31,33,38)/t20?,23-,25?,26?/m1/s1. The lowest BCUT2D eigenvalue weighted by Gasteiger charge is -2.50. The van der Waals surface area contributed by atoms with E-state index in [1.54, 1.807) is 37.8 Å². The van der Waals surface area contributed by atoms with Crippen molar-refractivity contribution in [2.75, 3.05) is 18.7 Å². The van der Waals surface area contributed by atoms with Crippen LogP contribution in [0.25, 0.3) is 0 Å². The number of likely N-dealkylation sites (tertiary alicyclic amines) is 1. The zero-order chi connectivity index (χ0) is 30.1. The number of carbonyl (C=O) groups is 4. The first-order valence-corrected chi connectivity index (χ1v) is 14.8. The zero-order valence-electron chi connectivity index (χ0n) is 25.2. The molecule has 3 rings (SSSR count). The van der Waals surface area contributed by atoms with Crippen molar-refractivity contribution in [3.05, 3.63) is 23.9 Å². The van der Waals surface area contributed by atoms with Crippen molar-refractivity contribution in [1.82, 2.24) is 15.2 Å². The van der Waals surface area contributed by atoms with E-state index in [0.29, 0.717) is 11.8 Å². The Balaban J connectivity index is 1.65. The van der Waals surface area contributed by atoms with Crippen LogP contribution >= 0.6 is 0 Å². The third kappa shape index (κ3) is 8.64. The van der Waals surface area contributed by atoms with Gasteiger partial charge >= 0.3 is 18.0 Å². The van der Waals surface area contributed by atoms with Crippen LogP contribution in [0.2, 0.25) is 0 Å². The number of hydrogen-bond donors (Lipinski definition) is 2. The summed E-state index contributed by atoms with van der Waals surface area (Å²) in [6, 6.07) is 2.90. The molecular formula is C30H46N4O7. The van der Waals surface area contributed by atoms with Gasteiger partial charge in [-0.2, -0.15) is 0 Å². The minimum Gasteiger partial charge on any atom is -0.464 e. The van der Waals surface area contributed by atoms with Crippen LogP contribution in [0.5, 0.6) is 0 Å². The average molecular weight is 575 g/mol. The molecule has 0 radical (unpaired) electrons. The maximum Gasteiger partial charge on any atom is 0.415 e. The zero-order valence-corrected chi connectivity index (χ0v) is 25.2. The summed E-state index contributed by atoms with van der Waals surface area (Å²) in [5.74, 6) is -0.795. The Morgan fingerprint density at radius 2 is 1.76 bits per heavy atom. The summed E-state index contributed by atoms with van der Waals surface area (Å²) >= 11 is 0. The van der Waals surface area contributed by atoms with E-state index in [9.17, 15) is 19.2 Å². The Hall–Kier alpha value is -3.21. The minimum absolute atomic E-state index is 0.119. The molecule has 1 aliphatic heterocycles. The Bertz CT molecular complexity index is 1060. The van der Waals surface area contributed by atoms with Crippen molar-refractivity contribution < 1.29 is 33.4 Å². The van der Waals surface area contributed by atoms with Crippen molar-refractivity contribution in [3.63, 3.8) is 0 Å². The number of nitrogens with one attached hydrogen (secondary N) is 2. The molecule has 1 aromatic rings. The van der Waals surface area contributed by atoms with Gasteiger partial charge in [0.1, 0.15) is 11.9 Å². The molecule has 3 unspecified atom stereocenters. The van der Waals surface area contributed by atoms with Gasteiger partial charge in [0, 0.05) is 12.2 Å². The third-order valence-electron chi connectivity index (χ3n) is 7.88. The highest BCUT2D eigenvalue weighted by Crippen LogP contribution is 2.35. The van der Waals surface area contributed by atoms with Crippen LogP contribution in [-0.2, 0) is 35.0 Å². The first kappa shape index (κ1) is 32.3. The van der Waals surface area contributed by atoms with E-state index in [0.717, 1.165) is 5.56 Å². The fourth-order valence-electron chi connectivity index (χ4n) is 5.81. The number of ether oxygens (including phenoxy) is 3. The van der Waals surface area contributed by atoms with Crippen LogP contribution in [0.4, 0.5) is 10.6 Å². The van der Waals surface area contributed by atoms with Crippen LogP contribution in [0.15, 0.2) is 18.3 Å². The van der Waals surface area contributed by atoms with E-state index < -0.39 is 36.8 Å². The summed E-state index contributed by atoms with van der Waals surface area (Å²) in [6.07, 6.45) is 6.71. The van der Waals surface area contributed by atoms with E-state index in [1.165, 1.54) is 38.3 Å². The van der Waals surface area contributed by atoms with Gasteiger partial charge in [-0.15, -0.1) is 0 Å². The Labute approximate surface area is 243 Å². The molecule has 11 heteroatoms. The molecule has 0 bridgehead atoms. The number of anilines is 1. The second-order valence-corrected chi connectivity index (χ2v) is 11.6. The molecule has 2 aliphatic rings. The molecule has 2 heterocycles. The summed E-state index contributed by atoms with van der Waals surface area (Å²) in [5, 5.41) is 6.17. The fourth-order valence-corrected chi connectivity index (χ4v) is 5.81. The Kier molecular flexibility index (Phi) is 11.9. The lowest BCUT2D eigenvalue weighted by molar-refractivity contribution is -0.179. The van der Waals surface area contributed by atoms with Crippen molar-refractivity contribution in [2.45, 2.75) is 98.3 Å². The monoisotopic (exact) mass is 574 g/mol. The largest absolute Gasteiger partial charge is 0.464 e. The van der Waals surface area contributed by atoms with E-state index in [-0.39, 0.29) is 42.9 Å². The molecule has 1 aromatic heterocycles. The number of hydrogen-bond acceptors (Lipinski definition) is 9. The second-order valence-electron chi connectivity index (χ2n) is 11.6. The SMILES string of the molecule is CCOC(=O)C1[C@@H](Cc2ccnc(NC(=O)OCOC(=O)C(C)C)c2)C(=O)N1C(C)NC(C(C)C)C1CCCCC1. The normalized spacial score (nSPS) is 20.8. The van der Waals surface area contributed by atoms with Gasteiger partial charge in [0.2, 0.25) is 12.7 Å². The van der Waals surface area contributed by atoms with Crippen LogP contribution in [0.3, 0.4) is 0 Å². The van der Waals surface area contributed by atoms with E-state index in [2.05, 4.69) is 29.5 Å². The van der Waals surface area contributed by atoms with Gasteiger partial charge in [0.15, 0.2) is 0 Å². The lowest BCUT2D eigenvalue weighted by atomic mass is 9.79. The first-order valence-electron chi connectivity index (χ1n) is 14.8. The number of rotatable bonds is 13. The molecule has 0 spiro atoms. The molecule has 228 valence electrons. The molecular weight excluding hydrogens is 528 g/mol. The van der Waals surface area contributed by atoms with Gasteiger partial charge in [-0.25, -0.2) is 14.6 Å². The highest BCUT2D eigenvalue weighted by Gasteiger charge is 2.54. The molecule has 4 atom stereocenters. The number of esters is 2. The van der Waals surface area contributed by atoms with Crippen LogP contribution in [0.1, 0.15) is 79.2 Å². The van der Waals surface area contributed by atoms with Crippen LogP contribution in [-0.4, -0.2) is 65.5 Å². The van der Waals surface area contributed by atoms with E-state index >= 15 is 0 Å². The summed E-state index contributed by atoms with van der Waals surface area (Å²) < 4.78 is 15.1. The van der Waals surface area contributed by atoms with Gasteiger partial charge in [0.05, 0.1) is 24.6 Å². The molecule has 11 nitrogen and oxygen atoms in total. The van der Waals surface area contributed by atoms with Gasteiger partial charge in [0.25, 0.3) is 0 Å². The molecule has 1 saturated carbocycles. The number of carbonyl (C=O) groups excluding carboxylic acids is 4. The highest BCUT2D eigenvalue weighted by atomic mass is 16.7. The summed E-state index contributed by atoms with van der Waals surface area (Å²) in [4.78, 5) is 55.9. The number of β-lactam (4-membered cyclic amide) rings is 1. The van der Waals surface area contributed by atoms with Crippen LogP contribution in [0, 0.1) is 23.7 Å². The molecule has 1 aliphatic carbocycles. The van der Waals surface area contributed by atoms with Crippen molar-refractivity contribution >= 4 is 29.8 Å². The third-order valence-corrected chi connectivity index (χ3v) is 7.88. The molecule has 2 fully saturated rings. The van der Waals surface area contributed by atoms with Gasteiger partial charge in [-0.3, -0.25) is 20.2 Å². The second kappa shape index (κ2) is 15.1. The lowest BCUT2D eigenvalue weighted by Crippen LogP contribution is -2.71. The van der Waals surface area contributed by atoms with Crippen molar-refractivity contribution in [2.24, 2.45) is 23.7 Å². The summed E-state index contributed by atoms with van der Waals surface area (Å²) in [7, 11) is 0. The smallest absolute Gasteiger partial charge is 0.415 e. The van der Waals surface area contributed by atoms with Gasteiger partial charge in [-0.1, -0.05) is 47.0 Å². The predicted molar refractivity (Wildman–Crippen MR) is 152 cm³/mol. The Morgan fingerprint density at radius 1 is 1.05 bits per heavy atom. The topological polar surface area (TPSA) is 136 Å². The van der Waals surface area contributed by atoms with Gasteiger partial charge in [-0.05, 0) is 62.6 Å². The van der Waals surface area contributed by atoms with Crippen molar-refractivity contribution in [3.8, 4) is 0 Å². The highest BCUT2D eigenvalue weighted by molar-refractivity contribution is 5.97. The molecule has 41 heavy (non-hydrogen) atoms. The maximum absolute atomic E-state index is 13.5. The number of nitrogens with zero attached hydrogens (tertiary/aromatic N) is 2. The number of amides is 2. The maximum atomic E-state index is 13.5. The average Bonchev–Trinajstić information content (AvgIpc) is 2.93. The molecule has 0 aromatic carbocycles. The first-order chi connectivity index (χ1) is 19.5. The van der Waals surface area contributed by atoms with E-state index in [1.807, 2.05) is 6.92 Å². The molecule has 2 N–H and O–H groups in total. The number of pyridine rings is 1. The fraction of sp³-hybridized carbons (Fsp3) is 0.700. The Morgan fingerprint density at radius 3 is 2.39 bits per heavy atom. The van der Waals surface area contributed by atoms with E-state index in [4.69, 9.17) is 14.2 Å². The summed E-state index contributed by atoms with van der Waals surface area (Å²) in [6.45, 7) is 11.2. The minimum atomic E-state index is -0.834. The molecule has 2 amide bonds. The molecule has 1 saturated heterocycles. The quantitative estimate of drug-likeness (QED) is 0.201. The number of aromatic nitrogens is 1. The summed E-state index contributed by atoms with van der Waals surface area (Å²) in [5.41, 5.74) is 0.719. The van der Waals surface area contributed by atoms with Gasteiger partial charge < -0.3 is 19.1 Å².